The van der Waals surface area contributed by atoms with Crippen LogP contribution in [0.5, 0.6) is 0 Å². The zero-order valence-electron chi connectivity index (χ0n) is 13.1. The van der Waals surface area contributed by atoms with E-state index in [1.54, 1.807) is 24.3 Å². The first-order valence-electron chi connectivity index (χ1n) is 7.63. The van der Waals surface area contributed by atoms with Gasteiger partial charge in [0.2, 0.25) is 5.91 Å². The van der Waals surface area contributed by atoms with Crippen LogP contribution < -0.4 is 5.32 Å². The normalized spacial score (nSPS) is 13.1. The van der Waals surface area contributed by atoms with Gasteiger partial charge in [-0.15, -0.1) is 0 Å². The minimum Gasteiger partial charge on any atom is -0.354 e. The molecule has 1 heterocycles. The Balaban J connectivity index is 1.55. The molecule has 0 saturated heterocycles. The second kappa shape index (κ2) is 6.80. The Morgan fingerprint density at radius 1 is 1.00 bits per heavy atom. The molecule has 128 valence electrons. The molecular formula is C18H14F2N2O3. The topological polar surface area (TPSA) is 66.5 Å². The molecule has 0 radical (unpaired) electrons. The second-order valence-electron chi connectivity index (χ2n) is 5.57. The summed E-state index contributed by atoms with van der Waals surface area (Å²) in [6, 6.07) is 9.36. The lowest BCUT2D eigenvalue weighted by molar-refractivity contribution is -0.120. The number of halogens is 2. The Labute approximate surface area is 142 Å². The van der Waals surface area contributed by atoms with Gasteiger partial charge in [0.15, 0.2) is 0 Å². The van der Waals surface area contributed by atoms with Crippen LogP contribution in [0, 0.1) is 11.6 Å². The highest BCUT2D eigenvalue weighted by molar-refractivity contribution is 6.21. The molecule has 0 unspecified atom stereocenters. The van der Waals surface area contributed by atoms with E-state index in [0.29, 0.717) is 11.1 Å². The zero-order valence-corrected chi connectivity index (χ0v) is 13.1. The highest BCUT2D eigenvalue weighted by Gasteiger charge is 2.34. The number of imide groups is 1. The fourth-order valence-corrected chi connectivity index (χ4v) is 2.66. The van der Waals surface area contributed by atoms with Gasteiger partial charge in [-0.25, -0.2) is 8.78 Å². The molecule has 3 amide bonds. The summed E-state index contributed by atoms with van der Waals surface area (Å²) in [7, 11) is 0. The number of amides is 3. The fraction of sp³-hybridized carbons (Fsp3) is 0.167. The lowest BCUT2D eigenvalue weighted by Crippen LogP contribution is -2.38. The van der Waals surface area contributed by atoms with Gasteiger partial charge in [0.1, 0.15) is 11.6 Å². The van der Waals surface area contributed by atoms with Crippen LogP contribution >= 0.6 is 0 Å². The maximum absolute atomic E-state index is 13.5. The van der Waals surface area contributed by atoms with Gasteiger partial charge in [-0.2, -0.15) is 0 Å². The monoisotopic (exact) mass is 344 g/mol. The van der Waals surface area contributed by atoms with Gasteiger partial charge in [-0.1, -0.05) is 12.1 Å². The van der Waals surface area contributed by atoms with Crippen molar-refractivity contribution in [1.82, 2.24) is 10.2 Å². The van der Waals surface area contributed by atoms with E-state index in [-0.39, 0.29) is 25.1 Å². The first-order valence-corrected chi connectivity index (χ1v) is 7.63. The van der Waals surface area contributed by atoms with Crippen LogP contribution in [0.2, 0.25) is 0 Å². The molecule has 25 heavy (non-hydrogen) atoms. The number of nitrogens with one attached hydrogen (secondary N) is 1. The van der Waals surface area contributed by atoms with Crippen LogP contribution in [-0.2, 0) is 11.2 Å². The molecule has 0 aliphatic carbocycles. The molecule has 1 aliphatic rings. The summed E-state index contributed by atoms with van der Waals surface area (Å²) in [5.41, 5.74) is 0.611. The van der Waals surface area contributed by atoms with E-state index in [2.05, 4.69) is 5.32 Å². The third-order valence-corrected chi connectivity index (χ3v) is 3.89. The Bertz CT molecular complexity index is 832. The van der Waals surface area contributed by atoms with E-state index < -0.39 is 29.4 Å². The predicted molar refractivity (Wildman–Crippen MR) is 84.9 cm³/mol. The highest BCUT2D eigenvalue weighted by atomic mass is 19.1. The first kappa shape index (κ1) is 16.8. The molecule has 0 aromatic heterocycles. The zero-order chi connectivity index (χ0) is 18.0. The highest BCUT2D eigenvalue weighted by Crippen LogP contribution is 2.21. The first-order chi connectivity index (χ1) is 12.0. The molecule has 0 spiro atoms. The summed E-state index contributed by atoms with van der Waals surface area (Å²) in [4.78, 5) is 37.2. The summed E-state index contributed by atoms with van der Waals surface area (Å²) in [6.07, 6.45) is -0.328. The van der Waals surface area contributed by atoms with Crippen LogP contribution in [0.15, 0.2) is 42.5 Å². The Morgan fingerprint density at radius 2 is 1.64 bits per heavy atom. The molecule has 2 aromatic rings. The van der Waals surface area contributed by atoms with Gasteiger partial charge in [0, 0.05) is 18.7 Å². The Morgan fingerprint density at radius 3 is 2.28 bits per heavy atom. The van der Waals surface area contributed by atoms with E-state index >= 15 is 0 Å². The number of fused-ring (bicyclic) bond motifs is 1. The number of nitrogens with zero attached hydrogens (tertiary/aromatic N) is 1. The summed E-state index contributed by atoms with van der Waals surface area (Å²) in [5.74, 6) is -2.65. The van der Waals surface area contributed by atoms with Gasteiger partial charge in [-0.3, -0.25) is 19.3 Å². The van der Waals surface area contributed by atoms with Crippen molar-refractivity contribution in [3.05, 3.63) is 70.8 Å². The molecule has 1 N–H and O–H groups in total. The smallest absolute Gasteiger partial charge is 0.261 e. The summed E-state index contributed by atoms with van der Waals surface area (Å²) >= 11 is 0. The van der Waals surface area contributed by atoms with Crippen molar-refractivity contribution in [3.8, 4) is 0 Å². The number of carbonyl (C=O) groups is 3. The largest absolute Gasteiger partial charge is 0.354 e. The molecule has 0 fully saturated rings. The number of carbonyl (C=O) groups excluding carboxylic acids is 3. The standard InChI is InChI=1S/C18H14F2N2O3/c19-12-5-6-15(20)11(9-12)10-16(23)21-7-8-22-17(24)13-3-1-2-4-14(13)18(22)25/h1-6,9H,7-8,10H2,(H,21,23). The lowest BCUT2D eigenvalue weighted by atomic mass is 10.1. The predicted octanol–water partition coefficient (Wildman–Crippen LogP) is 1.92. The van der Waals surface area contributed by atoms with Crippen LogP contribution in [0.1, 0.15) is 26.3 Å². The number of benzene rings is 2. The van der Waals surface area contributed by atoms with Crippen LogP contribution in [0.3, 0.4) is 0 Å². The van der Waals surface area contributed by atoms with Crippen molar-refractivity contribution in [2.75, 3.05) is 13.1 Å². The summed E-state index contributed by atoms with van der Waals surface area (Å²) in [5, 5.41) is 2.50. The van der Waals surface area contributed by atoms with Gasteiger partial charge >= 0.3 is 0 Å². The van der Waals surface area contributed by atoms with Gasteiger partial charge in [0.25, 0.3) is 11.8 Å². The molecule has 0 bridgehead atoms. The molecule has 1 aliphatic heterocycles. The summed E-state index contributed by atoms with van der Waals surface area (Å²) < 4.78 is 26.6. The molecule has 7 heteroatoms. The Hall–Kier alpha value is -3.09. The van der Waals surface area contributed by atoms with Gasteiger partial charge < -0.3 is 5.32 Å². The maximum atomic E-state index is 13.5. The number of hydrogen-bond acceptors (Lipinski definition) is 3. The lowest BCUT2D eigenvalue weighted by Gasteiger charge is -2.14. The molecule has 3 rings (SSSR count). The van der Waals surface area contributed by atoms with Crippen molar-refractivity contribution < 1.29 is 23.2 Å². The second-order valence-corrected chi connectivity index (χ2v) is 5.57. The SMILES string of the molecule is O=C(Cc1cc(F)ccc1F)NCCN1C(=O)c2ccccc2C1=O. The van der Waals surface area contributed by atoms with E-state index in [9.17, 15) is 23.2 Å². The quantitative estimate of drug-likeness (QED) is 0.843. The third kappa shape index (κ3) is 3.40. The minimum atomic E-state index is -0.670. The van der Waals surface area contributed by atoms with E-state index in [1.165, 1.54) is 0 Å². The van der Waals surface area contributed by atoms with E-state index in [0.717, 1.165) is 23.1 Å². The maximum Gasteiger partial charge on any atom is 0.261 e. The summed E-state index contributed by atoms with van der Waals surface area (Å²) in [6.45, 7) is 0.0327. The Kier molecular flexibility index (Phi) is 4.56. The van der Waals surface area contributed by atoms with Gasteiger partial charge in [-0.05, 0) is 30.3 Å². The minimum absolute atomic E-state index is 0.00369. The number of hydrogen-bond donors (Lipinski definition) is 1. The molecular weight excluding hydrogens is 330 g/mol. The van der Waals surface area contributed by atoms with Crippen molar-refractivity contribution >= 4 is 17.7 Å². The van der Waals surface area contributed by atoms with Crippen molar-refractivity contribution in [3.63, 3.8) is 0 Å². The molecule has 5 nitrogen and oxygen atoms in total. The van der Waals surface area contributed by atoms with Crippen LogP contribution in [-0.4, -0.2) is 35.7 Å². The molecule has 0 saturated carbocycles. The third-order valence-electron chi connectivity index (χ3n) is 3.89. The molecule has 2 aromatic carbocycles. The average molecular weight is 344 g/mol. The van der Waals surface area contributed by atoms with Crippen molar-refractivity contribution in [2.45, 2.75) is 6.42 Å². The van der Waals surface area contributed by atoms with E-state index in [1.807, 2.05) is 0 Å². The average Bonchev–Trinajstić information content (AvgIpc) is 2.83. The molecule has 0 atom stereocenters. The van der Waals surface area contributed by atoms with Crippen LogP contribution in [0.4, 0.5) is 8.78 Å². The van der Waals surface area contributed by atoms with Crippen LogP contribution in [0.25, 0.3) is 0 Å². The van der Waals surface area contributed by atoms with E-state index in [4.69, 9.17) is 0 Å². The fourth-order valence-electron chi connectivity index (χ4n) is 2.66. The van der Waals surface area contributed by atoms with Crippen molar-refractivity contribution in [1.29, 1.82) is 0 Å². The van der Waals surface area contributed by atoms with Crippen molar-refractivity contribution in [2.24, 2.45) is 0 Å². The van der Waals surface area contributed by atoms with Gasteiger partial charge in [0.05, 0.1) is 17.5 Å². The number of rotatable bonds is 5.